The zero-order valence-electron chi connectivity index (χ0n) is 8.75. The molecule has 0 spiro atoms. The second-order valence-corrected chi connectivity index (χ2v) is 4.36. The summed E-state index contributed by atoms with van der Waals surface area (Å²) in [6.45, 7) is 0. The van der Waals surface area contributed by atoms with Crippen LogP contribution >= 0.6 is 15.9 Å². The van der Waals surface area contributed by atoms with Gasteiger partial charge in [-0.2, -0.15) is 0 Å². The zero-order chi connectivity index (χ0) is 12.3. The number of carbonyl (C=O) groups is 1. The number of carboxylic acid groups (broad SMARTS) is 1. The van der Waals surface area contributed by atoms with Gasteiger partial charge in [-0.1, -0.05) is 30.3 Å². The highest BCUT2D eigenvalue weighted by Crippen LogP contribution is 2.22. The fraction of sp³-hybridized carbons (Fsp3) is 0.0833. The molecule has 0 fully saturated rings. The van der Waals surface area contributed by atoms with Crippen LogP contribution in [0.5, 0.6) is 0 Å². The van der Waals surface area contributed by atoms with Crippen LogP contribution in [0.1, 0.15) is 17.3 Å². The number of hydrogen-bond acceptors (Lipinski definition) is 3. The molecule has 2 aromatic rings. The molecule has 0 aliphatic carbocycles. The Morgan fingerprint density at radius 1 is 1.18 bits per heavy atom. The van der Waals surface area contributed by atoms with E-state index in [0.29, 0.717) is 5.56 Å². The fourth-order valence-electron chi connectivity index (χ4n) is 1.52. The van der Waals surface area contributed by atoms with Gasteiger partial charge in [0, 0.05) is 12.4 Å². The van der Waals surface area contributed by atoms with E-state index < -0.39 is 11.9 Å². The highest BCUT2D eigenvalue weighted by Gasteiger charge is 2.24. The van der Waals surface area contributed by atoms with Crippen LogP contribution in [0.3, 0.4) is 0 Å². The van der Waals surface area contributed by atoms with E-state index in [2.05, 4.69) is 25.9 Å². The predicted molar refractivity (Wildman–Crippen MR) is 65.7 cm³/mol. The normalized spacial score (nSPS) is 12.1. The van der Waals surface area contributed by atoms with Gasteiger partial charge in [0.15, 0.2) is 0 Å². The lowest BCUT2D eigenvalue weighted by Crippen LogP contribution is -2.15. The molecule has 17 heavy (non-hydrogen) atoms. The Labute approximate surface area is 106 Å². The minimum atomic E-state index is -0.960. The quantitative estimate of drug-likeness (QED) is 0.944. The maximum atomic E-state index is 11.3. The van der Waals surface area contributed by atoms with Gasteiger partial charge in [-0.3, -0.25) is 4.79 Å². The van der Waals surface area contributed by atoms with Crippen molar-refractivity contribution in [3.63, 3.8) is 0 Å². The van der Waals surface area contributed by atoms with Gasteiger partial charge in [-0.05, 0) is 21.5 Å². The van der Waals surface area contributed by atoms with Crippen molar-refractivity contribution in [2.75, 3.05) is 0 Å². The van der Waals surface area contributed by atoms with E-state index in [0.717, 1.165) is 4.47 Å². The van der Waals surface area contributed by atoms with Crippen LogP contribution in [0.25, 0.3) is 0 Å². The number of halogens is 1. The number of carboxylic acids is 1. The van der Waals surface area contributed by atoms with Crippen molar-refractivity contribution < 1.29 is 9.90 Å². The molecule has 0 aliphatic rings. The average molecular weight is 293 g/mol. The highest BCUT2D eigenvalue weighted by molar-refractivity contribution is 9.10. The first-order valence-corrected chi connectivity index (χ1v) is 5.73. The summed E-state index contributed by atoms with van der Waals surface area (Å²) in [4.78, 5) is 19.4. The summed E-state index contributed by atoms with van der Waals surface area (Å²) >= 11 is 3.22. The third-order valence-corrected chi connectivity index (χ3v) is 2.69. The molecule has 1 aromatic heterocycles. The molecule has 0 saturated carbocycles. The molecule has 0 radical (unpaired) electrons. The van der Waals surface area contributed by atoms with Gasteiger partial charge in [-0.15, -0.1) is 0 Å². The molecule has 1 unspecified atom stereocenters. The van der Waals surface area contributed by atoms with Crippen molar-refractivity contribution in [2.24, 2.45) is 0 Å². The SMILES string of the molecule is O=C(O)C(c1ccccc1)c1ncc(Br)cn1. The van der Waals surface area contributed by atoms with Crippen molar-refractivity contribution in [3.8, 4) is 0 Å². The van der Waals surface area contributed by atoms with E-state index in [1.54, 1.807) is 36.7 Å². The van der Waals surface area contributed by atoms with Crippen LogP contribution in [0.15, 0.2) is 47.2 Å². The first kappa shape index (κ1) is 11.7. The van der Waals surface area contributed by atoms with Crippen molar-refractivity contribution in [1.29, 1.82) is 0 Å². The Balaban J connectivity index is 2.43. The van der Waals surface area contributed by atoms with E-state index >= 15 is 0 Å². The topological polar surface area (TPSA) is 63.1 Å². The van der Waals surface area contributed by atoms with Crippen LogP contribution in [-0.4, -0.2) is 21.0 Å². The van der Waals surface area contributed by atoms with Gasteiger partial charge < -0.3 is 5.11 Å². The van der Waals surface area contributed by atoms with Crippen LogP contribution in [0.4, 0.5) is 0 Å². The van der Waals surface area contributed by atoms with Crippen molar-refractivity contribution in [1.82, 2.24) is 9.97 Å². The maximum absolute atomic E-state index is 11.3. The molecule has 0 amide bonds. The molecule has 86 valence electrons. The van der Waals surface area contributed by atoms with Crippen LogP contribution < -0.4 is 0 Å². The van der Waals surface area contributed by atoms with Gasteiger partial charge >= 0.3 is 5.97 Å². The lowest BCUT2D eigenvalue weighted by molar-refractivity contribution is -0.137. The highest BCUT2D eigenvalue weighted by atomic mass is 79.9. The summed E-state index contributed by atoms with van der Waals surface area (Å²) in [6.07, 6.45) is 3.09. The Kier molecular flexibility index (Phi) is 3.49. The van der Waals surface area contributed by atoms with E-state index in [4.69, 9.17) is 0 Å². The van der Waals surface area contributed by atoms with Crippen LogP contribution in [-0.2, 0) is 4.79 Å². The molecular weight excluding hydrogens is 284 g/mol. The number of rotatable bonds is 3. The lowest BCUT2D eigenvalue weighted by Gasteiger charge is -2.10. The molecule has 1 N–H and O–H groups in total. The average Bonchev–Trinajstić information content (AvgIpc) is 2.33. The smallest absolute Gasteiger partial charge is 0.318 e. The van der Waals surface area contributed by atoms with E-state index in [1.165, 1.54) is 0 Å². The van der Waals surface area contributed by atoms with Gasteiger partial charge in [0.2, 0.25) is 0 Å². The summed E-state index contributed by atoms with van der Waals surface area (Å²) < 4.78 is 0.721. The first-order chi connectivity index (χ1) is 8.18. The molecule has 4 nitrogen and oxygen atoms in total. The first-order valence-electron chi connectivity index (χ1n) is 4.93. The van der Waals surface area contributed by atoms with Gasteiger partial charge in [0.1, 0.15) is 11.7 Å². The number of benzene rings is 1. The molecule has 1 aromatic carbocycles. The van der Waals surface area contributed by atoms with Gasteiger partial charge in [0.05, 0.1) is 4.47 Å². The molecule has 5 heteroatoms. The Bertz CT molecular complexity index is 514. The molecule has 0 saturated heterocycles. The molecule has 1 heterocycles. The standard InChI is InChI=1S/C12H9BrN2O2/c13-9-6-14-11(15-7-9)10(12(16)17)8-4-2-1-3-5-8/h1-7,10H,(H,16,17). The summed E-state index contributed by atoms with van der Waals surface area (Å²) in [6, 6.07) is 8.94. The second-order valence-electron chi connectivity index (χ2n) is 3.44. The zero-order valence-corrected chi connectivity index (χ0v) is 10.3. The number of nitrogens with zero attached hydrogens (tertiary/aromatic N) is 2. The Hall–Kier alpha value is -1.75. The van der Waals surface area contributed by atoms with Crippen molar-refractivity contribution in [2.45, 2.75) is 5.92 Å². The lowest BCUT2D eigenvalue weighted by atomic mass is 9.98. The monoisotopic (exact) mass is 292 g/mol. The summed E-state index contributed by atoms with van der Waals surface area (Å²) in [7, 11) is 0. The number of aliphatic carboxylic acids is 1. The van der Waals surface area contributed by atoms with Gasteiger partial charge in [0.25, 0.3) is 0 Å². The maximum Gasteiger partial charge on any atom is 0.318 e. The summed E-state index contributed by atoms with van der Waals surface area (Å²) in [5, 5.41) is 9.26. The van der Waals surface area contributed by atoms with Crippen LogP contribution in [0.2, 0.25) is 0 Å². The van der Waals surface area contributed by atoms with Crippen molar-refractivity contribution >= 4 is 21.9 Å². The molecule has 2 rings (SSSR count). The van der Waals surface area contributed by atoms with E-state index in [9.17, 15) is 9.90 Å². The molecule has 0 bridgehead atoms. The number of aromatic nitrogens is 2. The molecule has 1 atom stereocenters. The summed E-state index contributed by atoms with van der Waals surface area (Å²) in [5.74, 6) is -1.50. The van der Waals surface area contributed by atoms with E-state index in [-0.39, 0.29) is 5.82 Å². The third kappa shape index (κ3) is 2.68. The van der Waals surface area contributed by atoms with Gasteiger partial charge in [-0.25, -0.2) is 9.97 Å². The second kappa shape index (κ2) is 5.05. The molecule has 0 aliphatic heterocycles. The van der Waals surface area contributed by atoms with E-state index in [1.807, 2.05) is 6.07 Å². The summed E-state index contributed by atoms with van der Waals surface area (Å²) in [5.41, 5.74) is 0.669. The number of hydrogen-bond donors (Lipinski definition) is 1. The molecular formula is C12H9BrN2O2. The third-order valence-electron chi connectivity index (χ3n) is 2.28. The Morgan fingerprint density at radius 2 is 1.76 bits per heavy atom. The minimum Gasteiger partial charge on any atom is -0.480 e. The van der Waals surface area contributed by atoms with Crippen LogP contribution in [0, 0.1) is 0 Å². The fourth-order valence-corrected chi connectivity index (χ4v) is 1.72. The minimum absolute atomic E-state index is 0.284. The van der Waals surface area contributed by atoms with Crippen molar-refractivity contribution in [3.05, 3.63) is 58.6 Å². The largest absolute Gasteiger partial charge is 0.480 e. The predicted octanol–water partition coefficient (Wildman–Crippen LogP) is 2.46. The Morgan fingerprint density at radius 3 is 2.29 bits per heavy atom.